The molecule has 0 bridgehead atoms. The van der Waals surface area contributed by atoms with Gasteiger partial charge in [0.05, 0.1) is 5.02 Å². The predicted octanol–water partition coefficient (Wildman–Crippen LogP) is 3.18. The summed E-state index contributed by atoms with van der Waals surface area (Å²) < 4.78 is 27.9. The highest BCUT2D eigenvalue weighted by Crippen LogP contribution is 2.23. The summed E-state index contributed by atoms with van der Waals surface area (Å²) in [6.07, 6.45) is 1.26. The molecule has 8 heteroatoms. The Balaban J connectivity index is 2.30. The van der Waals surface area contributed by atoms with Gasteiger partial charge in [0, 0.05) is 22.5 Å². The van der Waals surface area contributed by atoms with Crippen molar-refractivity contribution in [3.63, 3.8) is 0 Å². The Kier molecular flexibility index (Phi) is 4.71. The number of anilines is 2. The average molecular weight is 424 g/mol. The van der Waals surface area contributed by atoms with Gasteiger partial charge in [-0.3, -0.25) is 4.72 Å². The fourth-order valence-corrected chi connectivity index (χ4v) is 3.20. The zero-order valence-corrected chi connectivity index (χ0v) is 14.1. The van der Waals surface area contributed by atoms with E-state index in [4.69, 9.17) is 11.6 Å². The van der Waals surface area contributed by atoms with Gasteiger partial charge in [-0.15, -0.1) is 0 Å². The molecule has 0 radical (unpaired) electrons. The number of pyridine rings is 1. The second kappa shape index (κ2) is 6.15. The molecular formula is C12H11ClIN3O2S. The highest BCUT2D eigenvalue weighted by molar-refractivity contribution is 14.1. The molecule has 0 saturated carbocycles. The third-order valence-corrected chi connectivity index (χ3v) is 4.82. The highest BCUT2D eigenvalue weighted by atomic mass is 127. The minimum atomic E-state index is -3.70. The standard InChI is InChI=1S/C12H11ClIN3O2S/c1-15-12-11(13)6-10(7-16-12)20(18,19)17-9-4-2-8(14)3-5-9/h2-7,17H,1H3,(H,15,16). The van der Waals surface area contributed by atoms with Gasteiger partial charge in [0.25, 0.3) is 10.0 Å². The molecule has 0 spiro atoms. The van der Waals surface area contributed by atoms with Crippen LogP contribution in [-0.2, 0) is 10.0 Å². The van der Waals surface area contributed by atoms with E-state index in [0.29, 0.717) is 11.5 Å². The quantitative estimate of drug-likeness (QED) is 0.741. The Morgan fingerprint density at radius 2 is 1.90 bits per heavy atom. The average Bonchev–Trinajstić information content (AvgIpc) is 2.41. The lowest BCUT2D eigenvalue weighted by molar-refractivity contribution is 0.601. The summed E-state index contributed by atoms with van der Waals surface area (Å²) in [5, 5.41) is 3.02. The predicted molar refractivity (Wildman–Crippen MR) is 88.8 cm³/mol. The number of aromatic nitrogens is 1. The maximum absolute atomic E-state index is 12.2. The summed E-state index contributed by atoms with van der Waals surface area (Å²) in [5.41, 5.74) is 0.485. The van der Waals surface area contributed by atoms with Crippen LogP contribution >= 0.6 is 34.2 Å². The van der Waals surface area contributed by atoms with Crippen LogP contribution in [-0.4, -0.2) is 20.4 Å². The first-order valence-electron chi connectivity index (χ1n) is 5.54. The molecule has 106 valence electrons. The monoisotopic (exact) mass is 423 g/mol. The van der Waals surface area contributed by atoms with Gasteiger partial charge in [-0.1, -0.05) is 11.6 Å². The molecule has 0 amide bonds. The van der Waals surface area contributed by atoms with Crippen LogP contribution in [0.25, 0.3) is 0 Å². The molecule has 1 aromatic carbocycles. The molecule has 2 N–H and O–H groups in total. The van der Waals surface area contributed by atoms with Gasteiger partial charge in [-0.05, 0) is 52.9 Å². The van der Waals surface area contributed by atoms with Gasteiger partial charge in [0.1, 0.15) is 10.7 Å². The van der Waals surface area contributed by atoms with Gasteiger partial charge >= 0.3 is 0 Å². The van der Waals surface area contributed by atoms with E-state index in [9.17, 15) is 8.42 Å². The van der Waals surface area contributed by atoms with Crippen molar-refractivity contribution in [2.75, 3.05) is 17.1 Å². The number of halogens is 2. The van der Waals surface area contributed by atoms with Gasteiger partial charge in [0.15, 0.2) is 0 Å². The maximum Gasteiger partial charge on any atom is 0.263 e. The Hall–Kier alpha value is -1.06. The Morgan fingerprint density at radius 1 is 1.25 bits per heavy atom. The van der Waals surface area contributed by atoms with Crippen molar-refractivity contribution in [2.45, 2.75) is 4.90 Å². The fraction of sp³-hybridized carbons (Fsp3) is 0.0833. The third kappa shape index (κ3) is 3.53. The lowest BCUT2D eigenvalue weighted by Crippen LogP contribution is -2.13. The highest BCUT2D eigenvalue weighted by Gasteiger charge is 2.16. The molecule has 1 heterocycles. The molecule has 2 rings (SSSR count). The van der Waals surface area contributed by atoms with Gasteiger partial charge < -0.3 is 5.32 Å². The van der Waals surface area contributed by atoms with E-state index >= 15 is 0 Å². The summed E-state index contributed by atoms with van der Waals surface area (Å²) in [6.45, 7) is 0. The number of nitrogens with one attached hydrogen (secondary N) is 2. The van der Waals surface area contributed by atoms with Crippen LogP contribution in [0.15, 0.2) is 41.4 Å². The Morgan fingerprint density at radius 3 is 2.45 bits per heavy atom. The first-order chi connectivity index (χ1) is 9.42. The number of rotatable bonds is 4. The van der Waals surface area contributed by atoms with Crippen molar-refractivity contribution in [3.05, 3.63) is 45.1 Å². The van der Waals surface area contributed by atoms with Gasteiger partial charge in [-0.2, -0.15) is 0 Å². The van der Waals surface area contributed by atoms with Crippen molar-refractivity contribution in [1.29, 1.82) is 0 Å². The zero-order valence-electron chi connectivity index (χ0n) is 10.4. The molecule has 2 aromatic rings. The van der Waals surface area contributed by atoms with Gasteiger partial charge in [0.2, 0.25) is 0 Å². The first kappa shape index (κ1) is 15.3. The fourth-order valence-electron chi connectivity index (χ4n) is 1.48. The van der Waals surface area contributed by atoms with Gasteiger partial charge in [-0.25, -0.2) is 13.4 Å². The number of sulfonamides is 1. The van der Waals surface area contributed by atoms with Crippen molar-refractivity contribution in [3.8, 4) is 0 Å². The van der Waals surface area contributed by atoms with Crippen molar-refractivity contribution >= 4 is 55.7 Å². The van der Waals surface area contributed by atoms with Crippen LogP contribution in [0, 0.1) is 3.57 Å². The number of nitrogens with zero attached hydrogens (tertiary/aromatic N) is 1. The minimum absolute atomic E-state index is 0.0139. The molecule has 20 heavy (non-hydrogen) atoms. The summed E-state index contributed by atoms with van der Waals surface area (Å²) in [7, 11) is -2.04. The Bertz CT molecular complexity index is 720. The molecule has 0 fully saturated rings. The summed E-state index contributed by atoms with van der Waals surface area (Å²) in [6, 6.07) is 8.36. The van der Waals surface area contributed by atoms with E-state index in [1.54, 1.807) is 19.2 Å². The molecule has 0 aliphatic carbocycles. The SMILES string of the molecule is CNc1ncc(S(=O)(=O)Nc2ccc(I)cc2)cc1Cl. The lowest BCUT2D eigenvalue weighted by atomic mass is 10.3. The normalized spacial score (nSPS) is 11.2. The summed E-state index contributed by atoms with van der Waals surface area (Å²) in [5.74, 6) is 0.430. The smallest absolute Gasteiger partial charge is 0.263 e. The van der Waals surface area contributed by atoms with Crippen molar-refractivity contribution in [1.82, 2.24) is 4.98 Å². The summed E-state index contributed by atoms with van der Waals surface area (Å²) >= 11 is 8.09. The maximum atomic E-state index is 12.2. The van der Waals surface area contributed by atoms with Crippen molar-refractivity contribution < 1.29 is 8.42 Å². The molecule has 0 aliphatic heterocycles. The molecule has 1 aromatic heterocycles. The first-order valence-corrected chi connectivity index (χ1v) is 8.48. The van der Waals surface area contributed by atoms with Crippen LogP contribution in [0.3, 0.4) is 0 Å². The van der Waals surface area contributed by atoms with Crippen LogP contribution in [0.1, 0.15) is 0 Å². The minimum Gasteiger partial charge on any atom is -0.372 e. The van der Waals surface area contributed by atoms with Crippen LogP contribution in [0.5, 0.6) is 0 Å². The molecule has 0 aliphatic rings. The van der Waals surface area contributed by atoms with Crippen LogP contribution in [0.2, 0.25) is 5.02 Å². The molecule has 0 atom stereocenters. The summed E-state index contributed by atoms with van der Waals surface area (Å²) in [4.78, 5) is 3.97. The van der Waals surface area contributed by atoms with Crippen molar-refractivity contribution in [2.24, 2.45) is 0 Å². The molecule has 5 nitrogen and oxygen atoms in total. The lowest BCUT2D eigenvalue weighted by Gasteiger charge is -2.09. The topological polar surface area (TPSA) is 71.1 Å². The van der Waals surface area contributed by atoms with Crippen LogP contribution in [0.4, 0.5) is 11.5 Å². The second-order valence-corrected chi connectivity index (χ2v) is 7.20. The van der Waals surface area contributed by atoms with E-state index in [0.717, 1.165) is 3.57 Å². The zero-order chi connectivity index (χ0) is 14.8. The molecular weight excluding hydrogens is 413 g/mol. The number of hydrogen-bond acceptors (Lipinski definition) is 4. The number of hydrogen-bond donors (Lipinski definition) is 2. The second-order valence-electron chi connectivity index (χ2n) is 3.86. The van der Waals surface area contributed by atoms with E-state index in [1.807, 2.05) is 12.1 Å². The van der Waals surface area contributed by atoms with Crippen LogP contribution < -0.4 is 10.0 Å². The van der Waals surface area contributed by atoms with E-state index in [-0.39, 0.29) is 9.92 Å². The van der Waals surface area contributed by atoms with E-state index < -0.39 is 10.0 Å². The third-order valence-electron chi connectivity index (χ3n) is 2.46. The van der Waals surface area contributed by atoms with E-state index in [1.165, 1.54) is 12.3 Å². The largest absolute Gasteiger partial charge is 0.372 e. The van der Waals surface area contributed by atoms with E-state index in [2.05, 4.69) is 37.6 Å². The number of benzene rings is 1. The molecule has 0 saturated heterocycles. The Labute approximate surface area is 135 Å². The molecule has 0 unspecified atom stereocenters.